The first kappa shape index (κ1) is 24.0. The molecule has 0 radical (unpaired) electrons. The maximum Gasteiger partial charge on any atom is 0.294 e. The summed E-state index contributed by atoms with van der Waals surface area (Å²) in [5.41, 5.74) is 1.42. The minimum atomic E-state index is -0.967. The molecule has 1 aliphatic rings. The van der Waals surface area contributed by atoms with Gasteiger partial charge in [0.25, 0.3) is 5.91 Å². The SMILES string of the molecule is CCOc1cc(C2C(C(=O)c3cc4ccccc4o3)=C(O)C(=O)N2c2cccc(OC)c2)ccc1OC. The molecule has 0 saturated carbocycles. The number of aliphatic hydroxyl groups is 1. The molecule has 0 aliphatic carbocycles. The molecule has 0 fully saturated rings. The molecular formula is C29H25NO7. The smallest absolute Gasteiger partial charge is 0.294 e. The van der Waals surface area contributed by atoms with Crippen LogP contribution in [-0.2, 0) is 4.79 Å². The number of para-hydroxylation sites is 1. The molecule has 2 heterocycles. The number of ketones is 1. The standard InChI is InChI=1S/C29H25NO7/c1-4-36-23-15-18(12-13-22(23)35-3)26-25(27(31)24-14-17-8-5-6-11-21(17)37-24)28(32)29(33)30(26)19-9-7-10-20(16-19)34-2/h5-16,26,32H,4H2,1-3H3. The maximum absolute atomic E-state index is 13.8. The highest BCUT2D eigenvalue weighted by Gasteiger charge is 2.45. The zero-order valence-electron chi connectivity index (χ0n) is 20.6. The van der Waals surface area contributed by atoms with Gasteiger partial charge in [-0.15, -0.1) is 0 Å². The van der Waals surface area contributed by atoms with E-state index in [9.17, 15) is 14.7 Å². The van der Waals surface area contributed by atoms with Gasteiger partial charge in [-0.2, -0.15) is 0 Å². The molecule has 1 N–H and O–H groups in total. The van der Waals surface area contributed by atoms with E-state index in [0.29, 0.717) is 40.7 Å². The van der Waals surface area contributed by atoms with Crippen molar-refractivity contribution in [3.8, 4) is 17.2 Å². The number of hydrogen-bond acceptors (Lipinski definition) is 7. The lowest BCUT2D eigenvalue weighted by atomic mass is 9.94. The lowest BCUT2D eigenvalue weighted by Gasteiger charge is -2.27. The zero-order chi connectivity index (χ0) is 26.1. The number of fused-ring (bicyclic) bond motifs is 1. The first-order chi connectivity index (χ1) is 18.0. The lowest BCUT2D eigenvalue weighted by molar-refractivity contribution is -0.117. The molecule has 5 rings (SSSR count). The summed E-state index contributed by atoms with van der Waals surface area (Å²) >= 11 is 0. The van der Waals surface area contributed by atoms with Crippen LogP contribution in [0.5, 0.6) is 17.2 Å². The van der Waals surface area contributed by atoms with Crippen LogP contribution in [0, 0.1) is 0 Å². The van der Waals surface area contributed by atoms with E-state index < -0.39 is 23.5 Å². The van der Waals surface area contributed by atoms with Crippen LogP contribution < -0.4 is 19.1 Å². The average Bonchev–Trinajstić information content (AvgIpc) is 3.47. The molecule has 8 heteroatoms. The van der Waals surface area contributed by atoms with E-state index >= 15 is 0 Å². The normalized spacial score (nSPS) is 15.4. The van der Waals surface area contributed by atoms with E-state index in [2.05, 4.69) is 0 Å². The lowest BCUT2D eigenvalue weighted by Crippen LogP contribution is -2.31. The van der Waals surface area contributed by atoms with Crippen molar-refractivity contribution in [1.29, 1.82) is 0 Å². The number of carbonyl (C=O) groups excluding carboxylic acids is 2. The highest BCUT2D eigenvalue weighted by Crippen LogP contribution is 2.44. The fraction of sp³-hybridized carbons (Fsp3) is 0.172. The summed E-state index contributed by atoms with van der Waals surface area (Å²) in [6, 6.07) is 19.8. The van der Waals surface area contributed by atoms with Gasteiger partial charge in [0.2, 0.25) is 5.78 Å². The van der Waals surface area contributed by atoms with Gasteiger partial charge in [-0.1, -0.05) is 30.3 Å². The molecule has 4 aromatic rings. The second-order valence-electron chi connectivity index (χ2n) is 8.36. The minimum Gasteiger partial charge on any atom is -0.503 e. The number of nitrogens with zero attached hydrogens (tertiary/aromatic N) is 1. The summed E-state index contributed by atoms with van der Waals surface area (Å²) in [4.78, 5) is 28.7. The molecule has 3 aromatic carbocycles. The van der Waals surface area contributed by atoms with E-state index in [1.54, 1.807) is 60.7 Å². The average molecular weight is 500 g/mol. The third kappa shape index (κ3) is 4.16. The summed E-state index contributed by atoms with van der Waals surface area (Å²) in [6.45, 7) is 2.23. The van der Waals surface area contributed by atoms with Crippen molar-refractivity contribution in [1.82, 2.24) is 0 Å². The topological polar surface area (TPSA) is 98.4 Å². The van der Waals surface area contributed by atoms with Gasteiger partial charge in [0, 0.05) is 17.1 Å². The maximum atomic E-state index is 13.8. The number of carbonyl (C=O) groups is 2. The molecule has 1 unspecified atom stereocenters. The van der Waals surface area contributed by atoms with Gasteiger partial charge < -0.3 is 23.7 Å². The van der Waals surface area contributed by atoms with Crippen LogP contribution in [0.4, 0.5) is 5.69 Å². The van der Waals surface area contributed by atoms with Crippen molar-refractivity contribution in [2.45, 2.75) is 13.0 Å². The van der Waals surface area contributed by atoms with Crippen molar-refractivity contribution in [3.05, 3.63) is 95.5 Å². The third-order valence-corrected chi connectivity index (χ3v) is 6.24. The predicted molar refractivity (Wildman–Crippen MR) is 138 cm³/mol. The first-order valence-electron chi connectivity index (χ1n) is 11.7. The molecule has 37 heavy (non-hydrogen) atoms. The van der Waals surface area contributed by atoms with E-state index in [0.717, 1.165) is 5.39 Å². The molecule has 188 valence electrons. The van der Waals surface area contributed by atoms with Gasteiger partial charge >= 0.3 is 0 Å². The Labute approximate surface area is 213 Å². The first-order valence-corrected chi connectivity index (χ1v) is 11.7. The Balaban J connectivity index is 1.68. The number of rotatable bonds is 8. The van der Waals surface area contributed by atoms with Gasteiger partial charge in [0.15, 0.2) is 23.0 Å². The summed E-state index contributed by atoms with van der Waals surface area (Å²) in [5.74, 6) is -0.467. The number of furan rings is 1. The molecule has 1 amide bonds. The minimum absolute atomic E-state index is 0.0200. The third-order valence-electron chi connectivity index (χ3n) is 6.24. The van der Waals surface area contributed by atoms with Gasteiger partial charge in [-0.05, 0) is 48.9 Å². The number of hydrogen-bond donors (Lipinski definition) is 1. The van der Waals surface area contributed by atoms with Crippen LogP contribution in [0.25, 0.3) is 11.0 Å². The van der Waals surface area contributed by atoms with Gasteiger partial charge in [-0.25, -0.2) is 0 Å². The summed E-state index contributed by atoms with van der Waals surface area (Å²) in [6.07, 6.45) is 0. The Morgan fingerprint density at radius 2 is 1.78 bits per heavy atom. The summed E-state index contributed by atoms with van der Waals surface area (Å²) < 4.78 is 22.3. The van der Waals surface area contributed by atoms with Crippen molar-refractivity contribution in [2.24, 2.45) is 0 Å². The van der Waals surface area contributed by atoms with Crippen molar-refractivity contribution in [3.63, 3.8) is 0 Å². The van der Waals surface area contributed by atoms with Crippen molar-refractivity contribution < 1.29 is 33.3 Å². The van der Waals surface area contributed by atoms with Crippen LogP contribution >= 0.6 is 0 Å². The number of aliphatic hydroxyl groups excluding tert-OH is 1. The van der Waals surface area contributed by atoms with Gasteiger partial charge in [0.05, 0.1) is 32.4 Å². The molecular weight excluding hydrogens is 474 g/mol. The van der Waals surface area contributed by atoms with E-state index in [1.807, 2.05) is 19.1 Å². The number of amides is 1. The number of Topliss-reactive ketones (excluding diaryl/α,β-unsaturated/α-hetero) is 1. The molecule has 8 nitrogen and oxygen atoms in total. The quantitative estimate of drug-likeness (QED) is 0.314. The Bertz CT molecular complexity index is 1500. The molecule has 1 atom stereocenters. The van der Waals surface area contributed by atoms with Crippen LogP contribution in [0.3, 0.4) is 0 Å². The second kappa shape index (κ2) is 9.73. The molecule has 0 saturated heterocycles. The van der Waals surface area contributed by atoms with Crippen molar-refractivity contribution in [2.75, 3.05) is 25.7 Å². The van der Waals surface area contributed by atoms with Crippen LogP contribution in [0.1, 0.15) is 29.1 Å². The van der Waals surface area contributed by atoms with E-state index in [-0.39, 0.29) is 11.3 Å². The number of benzene rings is 3. The second-order valence-corrected chi connectivity index (χ2v) is 8.36. The number of methoxy groups -OCH3 is 2. The highest BCUT2D eigenvalue weighted by molar-refractivity contribution is 6.20. The Morgan fingerprint density at radius 1 is 0.973 bits per heavy atom. The molecule has 1 aromatic heterocycles. The van der Waals surface area contributed by atoms with Crippen LogP contribution in [0.2, 0.25) is 0 Å². The summed E-state index contributed by atoms with van der Waals surface area (Å²) in [5, 5.41) is 11.8. The Morgan fingerprint density at radius 3 is 2.51 bits per heavy atom. The van der Waals surface area contributed by atoms with E-state index in [4.69, 9.17) is 18.6 Å². The summed E-state index contributed by atoms with van der Waals surface area (Å²) in [7, 11) is 3.05. The van der Waals surface area contributed by atoms with Gasteiger partial charge in [0.1, 0.15) is 11.3 Å². The highest BCUT2D eigenvalue weighted by atomic mass is 16.5. The zero-order valence-corrected chi connectivity index (χ0v) is 20.6. The molecule has 0 spiro atoms. The van der Waals surface area contributed by atoms with Gasteiger partial charge in [-0.3, -0.25) is 14.5 Å². The fourth-order valence-corrected chi connectivity index (χ4v) is 4.54. The van der Waals surface area contributed by atoms with Crippen LogP contribution in [0.15, 0.2) is 88.5 Å². The molecule has 1 aliphatic heterocycles. The number of ether oxygens (including phenoxy) is 3. The fourth-order valence-electron chi connectivity index (χ4n) is 4.54. The molecule has 0 bridgehead atoms. The predicted octanol–water partition coefficient (Wildman–Crippen LogP) is 5.63. The van der Waals surface area contributed by atoms with Crippen molar-refractivity contribution >= 4 is 28.3 Å². The largest absolute Gasteiger partial charge is 0.503 e. The van der Waals surface area contributed by atoms with Crippen LogP contribution in [-0.4, -0.2) is 37.6 Å². The Hall–Kier alpha value is -4.72. The monoisotopic (exact) mass is 499 g/mol. The number of anilines is 1. The Kier molecular flexibility index (Phi) is 6.31. The van der Waals surface area contributed by atoms with E-state index in [1.165, 1.54) is 19.1 Å².